The highest BCUT2D eigenvalue weighted by molar-refractivity contribution is 7.07. The number of hydrogen-bond donors (Lipinski definition) is 0. The lowest BCUT2D eigenvalue weighted by atomic mass is 10.2. The fraction of sp³-hybridized carbons (Fsp3) is 0.400. The van der Waals surface area contributed by atoms with Gasteiger partial charge in [0, 0.05) is 12.4 Å². The Morgan fingerprint density at radius 1 is 0.941 bits per heavy atom. The van der Waals surface area contributed by atoms with Crippen LogP contribution in [0.2, 0.25) is 0 Å². The predicted octanol–water partition coefficient (Wildman–Crippen LogP) is 4.98. The highest BCUT2D eigenvalue weighted by Crippen LogP contribution is 2.04. The normalized spacial score (nSPS) is 8.47. The average Bonchev–Trinajstić information content (AvgIpc) is 2.96. The first-order valence-corrected chi connectivity index (χ1v) is 7.21. The predicted molar refractivity (Wildman–Crippen MR) is 78.7 cm³/mol. The molecule has 2 heterocycles. The smallest absolute Gasteiger partial charge is 0.0270 e. The maximum Gasteiger partial charge on any atom is 0.0270 e. The Bertz CT molecular complexity index is 340. The van der Waals surface area contributed by atoms with Crippen molar-refractivity contribution in [2.75, 3.05) is 0 Å². The van der Waals surface area contributed by atoms with Gasteiger partial charge in [0.25, 0.3) is 0 Å². The second-order valence-electron chi connectivity index (χ2n) is 3.19. The van der Waals surface area contributed by atoms with Crippen LogP contribution in [0.15, 0.2) is 41.4 Å². The van der Waals surface area contributed by atoms with Gasteiger partial charge in [-0.3, -0.25) is 4.98 Å². The van der Waals surface area contributed by atoms with Crippen molar-refractivity contribution in [2.45, 2.75) is 40.5 Å². The molecule has 0 spiro atoms. The third kappa shape index (κ3) is 7.70. The number of aromatic nitrogens is 1. The molecule has 0 atom stereocenters. The van der Waals surface area contributed by atoms with Gasteiger partial charge >= 0.3 is 0 Å². The third-order valence-electron chi connectivity index (χ3n) is 2.15. The second-order valence-corrected chi connectivity index (χ2v) is 3.97. The van der Waals surface area contributed by atoms with Crippen molar-refractivity contribution in [1.29, 1.82) is 0 Å². The van der Waals surface area contributed by atoms with Gasteiger partial charge in [-0.25, -0.2) is 0 Å². The standard InChI is InChI=1S/C7H9N.C6H8S.C2H6/c1-2-7-3-5-8-6-4-7;1-2-6-3-4-7-5-6;1-2/h3-6H,2H2,1H3;3-5H,2H2,1H3;1-2H3. The Balaban J connectivity index is 0.000000265. The van der Waals surface area contributed by atoms with Crippen LogP contribution in [0.1, 0.15) is 38.8 Å². The summed E-state index contributed by atoms with van der Waals surface area (Å²) in [5.41, 5.74) is 2.80. The third-order valence-corrected chi connectivity index (χ3v) is 2.88. The quantitative estimate of drug-likeness (QED) is 0.731. The van der Waals surface area contributed by atoms with Gasteiger partial charge in [0.15, 0.2) is 0 Å². The molecule has 0 aromatic carbocycles. The summed E-state index contributed by atoms with van der Waals surface area (Å²) < 4.78 is 0. The van der Waals surface area contributed by atoms with Gasteiger partial charge < -0.3 is 0 Å². The van der Waals surface area contributed by atoms with E-state index in [1.807, 2.05) is 38.4 Å². The van der Waals surface area contributed by atoms with E-state index in [0.717, 1.165) is 6.42 Å². The molecule has 2 aromatic heterocycles. The first-order valence-electron chi connectivity index (χ1n) is 6.26. The molecule has 0 bridgehead atoms. The van der Waals surface area contributed by atoms with Gasteiger partial charge in [0.2, 0.25) is 0 Å². The summed E-state index contributed by atoms with van der Waals surface area (Å²) >= 11 is 1.76. The Kier molecular flexibility index (Phi) is 10.6. The first-order chi connectivity index (χ1) is 8.36. The molecule has 0 unspecified atom stereocenters. The van der Waals surface area contributed by atoms with Crippen molar-refractivity contribution in [1.82, 2.24) is 4.98 Å². The fourth-order valence-electron chi connectivity index (χ4n) is 1.11. The van der Waals surface area contributed by atoms with E-state index < -0.39 is 0 Å². The van der Waals surface area contributed by atoms with Crippen LogP contribution in [0, 0.1) is 0 Å². The Labute approximate surface area is 110 Å². The van der Waals surface area contributed by atoms with Crippen LogP contribution in [-0.4, -0.2) is 4.98 Å². The van der Waals surface area contributed by atoms with Crippen molar-refractivity contribution < 1.29 is 0 Å². The minimum atomic E-state index is 1.10. The molecule has 2 heteroatoms. The van der Waals surface area contributed by atoms with Crippen molar-refractivity contribution in [3.8, 4) is 0 Å². The van der Waals surface area contributed by atoms with Crippen LogP contribution in [0.4, 0.5) is 0 Å². The molecule has 94 valence electrons. The lowest BCUT2D eigenvalue weighted by Gasteiger charge is -1.89. The Morgan fingerprint density at radius 3 is 1.82 bits per heavy atom. The molecule has 2 rings (SSSR count). The van der Waals surface area contributed by atoms with Crippen LogP contribution in [-0.2, 0) is 12.8 Å². The number of thiophene rings is 1. The maximum atomic E-state index is 3.89. The van der Waals surface area contributed by atoms with Crippen LogP contribution < -0.4 is 0 Å². The Morgan fingerprint density at radius 2 is 1.53 bits per heavy atom. The molecule has 0 N–H and O–H groups in total. The SMILES string of the molecule is CC.CCc1ccncc1.CCc1ccsc1. The summed E-state index contributed by atoms with van der Waals surface area (Å²) in [5, 5.41) is 4.29. The molecular formula is C15H23NS. The molecule has 1 nitrogen and oxygen atoms in total. The minimum absolute atomic E-state index is 1.10. The van der Waals surface area contributed by atoms with Gasteiger partial charge in [-0.2, -0.15) is 11.3 Å². The molecule has 0 fully saturated rings. The molecule has 0 saturated carbocycles. The first kappa shape index (κ1) is 15.9. The molecule has 2 aromatic rings. The number of pyridine rings is 1. The lowest BCUT2D eigenvalue weighted by molar-refractivity contribution is 1.12. The summed E-state index contributed by atoms with van der Waals surface area (Å²) in [4.78, 5) is 3.89. The molecule has 17 heavy (non-hydrogen) atoms. The van der Waals surface area contributed by atoms with Crippen LogP contribution in [0.25, 0.3) is 0 Å². The average molecular weight is 249 g/mol. The molecule has 0 radical (unpaired) electrons. The lowest BCUT2D eigenvalue weighted by Crippen LogP contribution is -1.76. The van der Waals surface area contributed by atoms with Crippen molar-refractivity contribution >= 4 is 11.3 Å². The van der Waals surface area contributed by atoms with E-state index in [1.54, 1.807) is 11.3 Å². The summed E-state index contributed by atoms with van der Waals surface area (Å²) in [6, 6.07) is 6.21. The van der Waals surface area contributed by atoms with Gasteiger partial charge in [-0.15, -0.1) is 0 Å². The van der Waals surface area contributed by atoms with E-state index in [4.69, 9.17) is 0 Å². The van der Waals surface area contributed by atoms with Crippen molar-refractivity contribution in [3.63, 3.8) is 0 Å². The second kappa shape index (κ2) is 11.3. The van der Waals surface area contributed by atoms with E-state index in [9.17, 15) is 0 Å². The number of rotatable bonds is 2. The molecule has 0 aliphatic heterocycles. The Hall–Kier alpha value is -1.15. The zero-order valence-electron chi connectivity index (χ0n) is 11.3. The molecule has 0 saturated heterocycles. The number of hydrogen-bond acceptors (Lipinski definition) is 2. The summed E-state index contributed by atoms with van der Waals surface area (Å²) in [7, 11) is 0. The summed E-state index contributed by atoms with van der Waals surface area (Å²) in [6.45, 7) is 8.30. The molecule has 0 aliphatic carbocycles. The monoisotopic (exact) mass is 249 g/mol. The zero-order chi connectivity index (χ0) is 12.9. The van der Waals surface area contributed by atoms with Crippen molar-refractivity contribution in [3.05, 3.63) is 52.5 Å². The largest absolute Gasteiger partial charge is 0.265 e. The maximum absolute atomic E-state index is 3.89. The van der Waals surface area contributed by atoms with Gasteiger partial charge in [-0.1, -0.05) is 27.7 Å². The van der Waals surface area contributed by atoms with Gasteiger partial charge in [0.05, 0.1) is 0 Å². The van der Waals surface area contributed by atoms with Crippen LogP contribution in [0.3, 0.4) is 0 Å². The van der Waals surface area contributed by atoms with Crippen LogP contribution in [0.5, 0.6) is 0 Å². The van der Waals surface area contributed by atoms with Gasteiger partial charge in [-0.05, 0) is 52.9 Å². The van der Waals surface area contributed by atoms with Gasteiger partial charge in [0.1, 0.15) is 0 Å². The van der Waals surface area contributed by atoms with E-state index in [0.29, 0.717) is 0 Å². The number of nitrogens with zero attached hydrogens (tertiary/aromatic N) is 1. The highest BCUT2D eigenvalue weighted by Gasteiger charge is 1.82. The minimum Gasteiger partial charge on any atom is -0.265 e. The molecule has 0 aliphatic rings. The van der Waals surface area contributed by atoms with Crippen LogP contribution >= 0.6 is 11.3 Å². The van der Waals surface area contributed by atoms with E-state index >= 15 is 0 Å². The zero-order valence-corrected chi connectivity index (χ0v) is 12.1. The summed E-state index contributed by atoms with van der Waals surface area (Å²) in [6.07, 6.45) is 5.91. The topological polar surface area (TPSA) is 12.9 Å². The highest BCUT2D eigenvalue weighted by atomic mass is 32.1. The molecular weight excluding hydrogens is 226 g/mol. The van der Waals surface area contributed by atoms with E-state index in [1.165, 1.54) is 17.5 Å². The van der Waals surface area contributed by atoms with Crippen molar-refractivity contribution in [2.24, 2.45) is 0 Å². The van der Waals surface area contributed by atoms with E-state index in [2.05, 4.69) is 35.7 Å². The van der Waals surface area contributed by atoms with E-state index in [-0.39, 0.29) is 0 Å². The summed E-state index contributed by atoms with van der Waals surface area (Å²) in [5.74, 6) is 0. The molecule has 0 amide bonds. The number of aryl methyl sites for hydroxylation is 2. The fourth-order valence-corrected chi connectivity index (χ4v) is 1.86.